The van der Waals surface area contributed by atoms with Crippen LogP contribution in [0, 0.1) is 5.82 Å². The average molecular weight is 468 g/mol. The second-order valence-electron chi connectivity index (χ2n) is 8.38. The summed E-state index contributed by atoms with van der Waals surface area (Å²) in [6.07, 6.45) is 2.45. The molecule has 0 aliphatic heterocycles. The van der Waals surface area contributed by atoms with E-state index in [1.54, 1.807) is 31.4 Å². The van der Waals surface area contributed by atoms with Crippen molar-refractivity contribution in [3.8, 4) is 11.3 Å². The lowest BCUT2D eigenvalue weighted by Gasteiger charge is -2.29. The zero-order chi connectivity index (χ0) is 24.7. The third kappa shape index (κ3) is 6.29. The lowest BCUT2D eigenvalue weighted by atomic mass is 9.90. The van der Waals surface area contributed by atoms with Crippen LogP contribution in [0.25, 0.3) is 11.3 Å². The summed E-state index contributed by atoms with van der Waals surface area (Å²) in [4.78, 5) is 29.3. The van der Waals surface area contributed by atoms with Crippen LogP contribution in [0.2, 0.25) is 0 Å². The fourth-order valence-corrected chi connectivity index (χ4v) is 4.04. The van der Waals surface area contributed by atoms with Crippen molar-refractivity contribution in [2.45, 2.75) is 38.1 Å². The smallest absolute Gasteiger partial charge is 0.407 e. The van der Waals surface area contributed by atoms with Gasteiger partial charge in [-0.25, -0.2) is 14.0 Å². The van der Waals surface area contributed by atoms with Crippen LogP contribution in [0.15, 0.2) is 65.6 Å². The van der Waals surface area contributed by atoms with Gasteiger partial charge in [0.1, 0.15) is 5.82 Å². The third-order valence-electron chi connectivity index (χ3n) is 6.15. The number of carbonyl (C=O) groups is 1. The molecule has 8 heteroatoms. The molecule has 0 aliphatic rings. The molecule has 0 fully saturated rings. The molecular formula is C26H30FN3O4. The first-order chi connectivity index (χ1) is 16.3. The van der Waals surface area contributed by atoms with E-state index in [4.69, 9.17) is 0 Å². The topological polar surface area (TPSA) is 95.7 Å². The molecule has 2 aromatic carbocycles. The number of nitrogens with zero attached hydrogens (tertiary/aromatic N) is 3. The standard InChI is InChI=1S/C26H30FN3O4/c1-18(19-5-7-22(8-6-19)24-14-15-29(2)25(32)28-24)30(26(33)34)16-13-20(4-3-17-31)21-9-11-23(27)12-10-21/h5-12,14-15,18,20,31H,3-4,13,16-17H2,1-2H3,(H,33,34)/t18-,20-/m0/s1. The number of amides is 1. The highest BCUT2D eigenvalue weighted by Gasteiger charge is 2.23. The molecule has 2 N–H and O–H groups in total. The number of rotatable bonds is 10. The molecule has 0 saturated heterocycles. The second kappa shape index (κ2) is 11.6. The van der Waals surface area contributed by atoms with Crippen LogP contribution >= 0.6 is 0 Å². The second-order valence-corrected chi connectivity index (χ2v) is 8.38. The summed E-state index contributed by atoms with van der Waals surface area (Å²) in [5.41, 5.74) is 2.74. The van der Waals surface area contributed by atoms with Crippen LogP contribution < -0.4 is 5.69 Å². The Balaban J connectivity index is 1.74. The Bertz CT molecular complexity index is 1150. The molecule has 0 bridgehead atoms. The molecule has 0 spiro atoms. The van der Waals surface area contributed by atoms with E-state index < -0.39 is 12.1 Å². The molecule has 0 aliphatic carbocycles. The number of halogens is 1. The summed E-state index contributed by atoms with van der Waals surface area (Å²) >= 11 is 0. The van der Waals surface area contributed by atoms with Crippen molar-refractivity contribution >= 4 is 6.09 Å². The molecule has 2 atom stereocenters. The molecule has 34 heavy (non-hydrogen) atoms. The number of carboxylic acid groups (broad SMARTS) is 1. The first-order valence-electron chi connectivity index (χ1n) is 11.3. The monoisotopic (exact) mass is 467 g/mol. The molecule has 0 saturated carbocycles. The fraction of sp³-hybridized carbons (Fsp3) is 0.346. The summed E-state index contributed by atoms with van der Waals surface area (Å²) in [6, 6.07) is 14.9. The van der Waals surface area contributed by atoms with E-state index in [-0.39, 0.29) is 24.0 Å². The quantitative estimate of drug-likeness (QED) is 0.455. The molecule has 1 aromatic heterocycles. The van der Waals surface area contributed by atoms with E-state index in [1.165, 1.54) is 21.6 Å². The van der Waals surface area contributed by atoms with Crippen LogP contribution in [0.5, 0.6) is 0 Å². The Morgan fingerprint density at radius 1 is 1.06 bits per heavy atom. The van der Waals surface area contributed by atoms with Gasteiger partial charge in [-0.2, -0.15) is 4.98 Å². The van der Waals surface area contributed by atoms with Crippen LogP contribution in [0.4, 0.5) is 9.18 Å². The van der Waals surface area contributed by atoms with Gasteiger partial charge < -0.3 is 19.7 Å². The Hall–Kier alpha value is -3.52. The third-order valence-corrected chi connectivity index (χ3v) is 6.15. The van der Waals surface area contributed by atoms with Gasteiger partial charge >= 0.3 is 11.8 Å². The summed E-state index contributed by atoms with van der Waals surface area (Å²) in [7, 11) is 1.63. The van der Waals surface area contributed by atoms with Gasteiger partial charge in [0.25, 0.3) is 0 Å². The number of aromatic nitrogens is 2. The zero-order valence-electron chi connectivity index (χ0n) is 19.4. The lowest BCUT2D eigenvalue weighted by Crippen LogP contribution is -2.34. The van der Waals surface area contributed by atoms with Crippen molar-refractivity contribution in [3.05, 3.63) is 88.2 Å². The molecule has 0 unspecified atom stereocenters. The molecule has 180 valence electrons. The minimum Gasteiger partial charge on any atom is -0.465 e. The SMILES string of the molecule is C[C@@H](c1ccc(-c2ccn(C)c(=O)n2)cc1)N(CC[C@H](CCCO)c1ccc(F)cc1)C(=O)O. The highest BCUT2D eigenvalue weighted by molar-refractivity contribution is 5.66. The minimum absolute atomic E-state index is 0.0101. The highest BCUT2D eigenvalue weighted by Crippen LogP contribution is 2.29. The van der Waals surface area contributed by atoms with Crippen molar-refractivity contribution in [1.82, 2.24) is 14.5 Å². The maximum Gasteiger partial charge on any atom is 0.407 e. The molecule has 0 radical (unpaired) electrons. The molecular weight excluding hydrogens is 437 g/mol. The Labute approximate surface area is 198 Å². The van der Waals surface area contributed by atoms with Gasteiger partial charge in [-0.05, 0) is 61.4 Å². The predicted molar refractivity (Wildman–Crippen MR) is 128 cm³/mol. The van der Waals surface area contributed by atoms with Crippen LogP contribution in [-0.2, 0) is 7.05 Å². The number of hydrogen-bond acceptors (Lipinski definition) is 4. The van der Waals surface area contributed by atoms with Gasteiger partial charge in [-0.1, -0.05) is 36.4 Å². The molecule has 1 heterocycles. The Morgan fingerprint density at radius 2 is 1.71 bits per heavy atom. The number of benzene rings is 2. The summed E-state index contributed by atoms with van der Waals surface area (Å²) in [5, 5.41) is 19.1. The van der Waals surface area contributed by atoms with Crippen LogP contribution in [-0.4, -0.2) is 43.9 Å². The normalized spacial score (nSPS) is 12.8. The van der Waals surface area contributed by atoms with Crippen molar-refractivity contribution < 1.29 is 19.4 Å². The summed E-state index contributed by atoms with van der Waals surface area (Å²) in [5.74, 6) is -0.309. The summed E-state index contributed by atoms with van der Waals surface area (Å²) < 4.78 is 14.7. The van der Waals surface area contributed by atoms with E-state index in [0.29, 0.717) is 31.5 Å². The first-order valence-corrected chi connectivity index (χ1v) is 11.3. The van der Waals surface area contributed by atoms with Gasteiger partial charge in [0.15, 0.2) is 0 Å². The summed E-state index contributed by atoms with van der Waals surface area (Å²) in [6.45, 7) is 2.17. The molecule has 3 aromatic rings. The largest absolute Gasteiger partial charge is 0.465 e. The zero-order valence-corrected chi connectivity index (χ0v) is 19.4. The van der Waals surface area contributed by atoms with E-state index in [9.17, 15) is 24.2 Å². The van der Waals surface area contributed by atoms with Gasteiger partial charge in [-0.3, -0.25) is 0 Å². The lowest BCUT2D eigenvalue weighted by molar-refractivity contribution is 0.125. The van der Waals surface area contributed by atoms with E-state index in [1.807, 2.05) is 31.2 Å². The van der Waals surface area contributed by atoms with Gasteiger partial charge in [-0.15, -0.1) is 0 Å². The van der Waals surface area contributed by atoms with Crippen LogP contribution in [0.1, 0.15) is 49.3 Å². The van der Waals surface area contributed by atoms with E-state index >= 15 is 0 Å². The predicted octanol–water partition coefficient (Wildman–Crippen LogP) is 4.57. The van der Waals surface area contributed by atoms with Crippen molar-refractivity contribution in [3.63, 3.8) is 0 Å². The molecule has 1 amide bonds. The van der Waals surface area contributed by atoms with Gasteiger partial charge in [0.2, 0.25) is 0 Å². The van der Waals surface area contributed by atoms with Gasteiger partial charge in [0, 0.05) is 32.0 Å². The Morgan fingerprint density at radius 3 is 2.29 bits per heavy atom. The Kier molecular flexibility index (Phi) is 8.54. The fourth-order valence-electron chi connectivity index (χ4n) is 4.04. The van der Waals surface area contributed by atoms with E-state index in [2.05, 4.69) is 4.98 Å². The molecule has 3 rings (SSSR count). The number of hydrogen-bond donors (Lipinski definition) is 2. The maximum atomic E-state index is 13.3. The minimum atomic E-state index is -1.02. The highest BCUT2D eigenvalue weighted by atomic mass is 19.1. The van der Waals surface area contributed by atoms with Gasteiger partial charge in [0.05, 0.1) is 11.7 Å². The van der Waals surface area contributed by atoms with Crippen molar-refractivity contribution in [1.29, 1.82) is 0 Å². The number of aliphatic hydroxyl groups excluding tert-OH is 1. The van der Waals surface area contributed by atoms with E-state index in [0.717, 1.165) is 16.7 Å². The number of aliphatic hydroxyl groups is 1. The van der Waals surface area contributed by atoms with Crippen LogP contribution in [0.3, 0.4) is 0 Å². The maximum absolute atomic E-state index is 13.3. The average Bonchev–Trinajstić information content (AvgIpc) is 2.83. The molecule has 7 nitrogen and oxygen atoms in total. The van der Waals surface area contributed by atoms with Crippen molar-refractivity contribution in [2.75, 3.05) is 13.2 Å². The first kappa shape index (κ1) is 25.1. The number of aryl methyl sites for hydroxylation is 1. The van der Waals surface area contributed by atoms with Crippen molar-refractivity contribution in [2.24, 2.45) is 7.05 Å².